The van der Waals surface area contributed by atoms with Crippen LogP contribution in [0.4, 0.5) is 0 Å². The lowest BCUT2D eigenvalue weighted by Crippen LogP contribution is -2.15. The molecule has 0 fully saturated rings. The number of carbonyl (C=O) groups excluding carboxylic acids is 2. The molecule has 110 valence electrons. The van der Waals surface area contributed by atoms with Gasteiger partial charge in [0.25, 0.3) is 5.91 Å². The molecule has 1 heterocycles. The number of hydrogen-bond donors (Lipinski definition) is 0. The summed E-state index contributed by atoms with van der Waals surface area (Å²) < 4.78 is 1.91. The monoisotopic (exact) mass is 424 g/mol. The number of fused-ring (bicyclic) bond motifs is 1. The van der Waals surface area contributed by atoms with Gasteiger partial charge in [-0.25, -0.2) is 0 Å². The smallest absolute Gasteiger partial charge is 0.280 e. The Kier molecular flexibility index (Phi) is 4.01. The average molecular weight is 425 g/mol. The lowest BCUT2D eigenvalue weighted by Gasteiger charge is -2.07. The summed E-state index contributed by atoms with van der Waals surface area (Å²) in [6.45, 7) is 1.83. The normalized spacial score (nSPS) is 10.9. The van der Waals surface area contributed by atoms with Gasteiger partial charge in [0.1, 0.15) is 3.70 Å². The van der Waals surface area contributed by atoms with Gasteiger partial charge in [0, 0.05) is 10.9 Å². The Morgan fingerprint density at radius 1 is 1.27 bits per heavy atom. The van der Waals surface area contributed by atoms with E-state index in [0.29, 0.717) is 30.8 Å². The SMILES string of the molecule is Cc1cccc(Cl)c1C(=O)n1nc(I)c2c(C=O)cccc21. The first-order valence-corrected chi connectivity index (χ1v) is 7.92. The van der Waals surface area contributed by atoms with E-state index in [9.17, 15) is 9.59 Å². The quantitative estimate of drug-likeness (QED) is 0.460. The number of carbonyl (C=O) groups is 2. The minimum Gasteiger partial charge on any atom is -0.298 e. The minimum absolute atomic E-state index is 0.306. The van der Waals surface area contributed by atoms with Crippen LogP contribution in [0.1, 0.15) is 26.3 Å². The van der Waals surface area contributed by atoms with Crippen molar-refractivity contribution in [1.82, 2.24) is 9.78 Å². The maximum absolute atomic E-state index is 12.8. The van der Waals surface area contributed by atoms with E-state index in [1.807, 2.05) is 35.6 Å². The molecule has 0 atom stereocenters. The van der Waals surface area contributed by atoms with Gasteiger partial charge in [-0.1, -0.05) is 35.9 Å². The third-order valence-corrected chi connectivity index (χ3v) is 4.52. The third kappa shape index (κ3) is 2.34. The number of nitrogens with zero attached hydrogens (tertiary/aromatic N) is 2. The molecule has 0 bridgehead atoms. The minimum atomic E-state index is -0.306. The second-order valence-corrected chi connectivity index (χ2v) is 6.23. The van der Waals surface area contributed by atoms with Crippen molar-refractivity contribution in [2.45, 2.75) is 6.92 Å². The highest BCUT2D eigenvalue weighted by Crippen LogP contribution is 2.26. The number of halogens is 2. The number of benzene rings is 2. The zero-order valence-electron chi connectivity index (χ0n) is 11.5. The molecule has 22 heavy (non-hydrogen) atoms. The Morgan fingerprint density at radius 3 is 2.68 bits per heavy atom. The van der Waals surface area contributed by atoms with Crippen LogP contribution in [0.3, 0.4) is 0 Å². The fourth-order valence-corrected chi connectivity index (χ4v) is 3.52. The molecule has 0 aliphatic carbocycles. The van der Waals surface area contributed by atoms with E-state index >= 15 is 0 Å². The molecular weight excluding hydrogens is 415 g/mol. The first kappa shape index (κ1) is 15.2. The van der Waals surface area contributed by atoms with Crippen LogP contribution in [-0.2, 0) is 0 Å². The Balaban J connectivity index is 2.27. The molecule has 0 amide bonds. The van der Waals surface area contributed by atoms with Gasteiger partial charge in [0.2, 0.25) is 0 Å². The number of rotatable bonds is 2. The summed E-state index contributed by atoms with van der Waals surface area (Å²) in [4.78, 5) is 24.0. The lowest BCUT2D eigenvalue weighted by molar-refractivity contribution is 0.0949. The molecule has 0 aliphatic rings. The van der Waals surface area contributed by atoms with E-state index < -0.39 is 0 Å². The summed E-state index contributed by atoms with van der Waals surface area (Å²) >= 11 is 8.19. The van der Waals surface area contributed by atoms with E-state index in [0.717, 1.165) is 11.8 Å². The van der Waals surface area contributed by atoms with Crippen LogP contribution in [0.15, 0.2) is 36.4 Å². The molecule has 0 N–H and O–H groups in total. The van der Waals surface area contributed by atoms with Crippen molar-refractivity contribution in [2.24, 2.45) is 0 Å². The van der Waals surface area contributed by atoms with Gasteiger partial charge >= 0.3 is 0 Å². The molecule has 1 aromatic heterocycles. The van der Waals surface area contributed by atoms with Crippen LogP contribution in [0.25, 0.3) is 10.9 Å². The maximum Gasteiger partial charge on any atom is 0.280 e. The fourth-order valence-electron chi connectivity index (χ4n) is 2.41. The van der Waals surface area contributed by atoms with E-state index in [4.69, 9.17) is 11.6 Å². The molecule has 3 rings (SSSR count). The number of aromatic nitrogens is 2. The maximum atomic E-state index is 12.8. The number of aldehydes is 1. The van der Waals surface area contributed by atoms with Crippen molar-refractivity contribution >= 4 is 57.3 Å². The average Bonchev–Trinajstić information content (AvgIpc) is 2.84. The molecule has 0 spiro atoms. The standard InChI is InChI=1S/C16H10ClIN2O2/c1-9-4-2-6-11(17)13(9)16(22)20-12-7-3-5-10(8-21)14(12)15(18)19-20/h2-8H,1H3. The van der Waals surface area contributed by atoms with Crippen LogP contribution < -0.4 is 0 Å². The zero-order chi connectivity index (χ0) is 15.9. The fraction of sp³-hybridized carbons (Fsp3) is 0.0625. The van der Waals surface area contributed by atoms with E-state index in [1.165, 1.54) is 4.68 Å². The van der Waals surface area contributed by atoms with E-state index in [-0.39, 0.29) is 5.91 Å². The summed E-state index contributed by atoms with van der Waals surface area (Å²) in [5.41, 5.74) is 2.30. The van der Waals surface area contributed by atoms with Gasteiger partial charge in [-0.2, -0.15) is 9.78 Å². The van der Waals surface area contributed by atoms with Gasteiger partial charge < -0.3 is 0 Å². The predicted molar refractivity (Wildman–Crippen MR) is 93.8 cm³/mol. The molecule has 0 unspecified atom stereocenters. The third-order valence-electron chi connectivity index (χ3n) is 3.45. The molecule has 0 saturated carbocycles. The topological polar surface area (TPSA) is 52.0 Å². The Morgan fingerprint density at radius 2 is 2.00 bits per heavy atom. The van der Waals surface area contributed by atoms with Crippen LogP contribution in [0.2, 0.25) is 5.02 Å². The van der Waals surface area contributed by atoms with Gasteiger partial charge in [-0.05, 0) is 47.2 Å². The molecule has 0 aliphatic heterocycles. The molecule has 0 saturated heterocycles. The molecule has 3 aromatic rings. The summed E-state index contributed by atoms with van der Waals surface area (Å²) in [6.07, 6.45) is 0.766. The number of aryl methyl sites for hydroxylation is 1. The highest BCUT2D eigenvalue weighted by atomic mass is 127. The molecular formula is C16H10ClIN2O2. The molecule has 2 aromatic carbocycles. The second kappa shape index (κ2) is 5.81. The predicted octanol–water partition coefficient (Wildman–Crippen LogP) is 4.10. The van der Waals surface area contributed by atoms with Crippen molar-refractivity contribution in [3.05, 3.63) is 61.8 Å². The molecule has 4 nitrogen and oxygen atoms in total. The van der Waals surface area contributed by atoms with Crippen LogP contribution >= 0.6 is 34.2 Å². The molecule has 6 heteroatoms. The second-order valence-electron chi connectivity index (χ2n) is 4.80. The summed E-state index contributed by atoms with van der Waals surface area (Å²) in [5, 5.41) is 5.35. The first-order chi connectivity index (χ1) is 10.5. The van der Waals surface area contributed by atoms with Crippen molar-refractivity contribution in [1.29, 1.82) is 0 Å². The van der Waals surface area contributed by atoms with Crippen molar-refractivity contribution in [3.8, 4) is 0 Å². The van der Waals surface area contributed by atoms with Crippen molar-refractivity contribution < 1.29 is 9.59 Å². The highest BCUT2D eigenvalue weighted by Gasteiger charge is 2.21. The largest absolute Gasteiger partial charge is 0.298 e. The summed E-state index contributed by atoms with van der Waals surface area (Å²) in [6, 6.07) is 10.5. The summed E-state index contributed by atoms with van der Waals surface area (Å²) in [7, 11) is 0. The van der Waals surface area contributed by atoms with Gasteiger partial charge in [0.15, 0.2) is 6.29 Å². The van der Waals surface area contributed by atoms with Crippen LogP contribution in [-0.4, -0.2) is 22.0 Å². The van der Waals surface area contributed by atoms with E-state index in [2.05, 4.69) is 5.10 Å². The van der Waals surface area contributed by atoms with Crippen molar-refractivity contribution in [2.75, 3.05) is 0 Å². The Labute approximate surface area is 145 Å². The Hall–Kier alpha value is -1.73. The number of hydrogen-bond acceptors (Lipinski definition) is 3. The van der Waals surface area contributed by atoms with Crippen LogP contribution in [0, 0.1) is 10.6 Å². The lowest BCUT2D eigenvalue weighted by atomic mass is 10.1. The summed E-state index contributed by atoms with van der Waals surface area (Å²) in [5.74, 6) is -0.306. The van der Waals surface area contributed by atoms with Gasteiger partial charge in [-0.15, -0.1) is 0 Å². The van der Waals surface area contributed by atoms with Gasteiger partial charge in [-0.3, -0.25) is 9.59 Å². The van der Waals surface area contributed by atoms with E-state index in [1.54, 1.807) is 30.3 Å². The Bertz CT molecular complexity index is 898. The zero-order valence-corrected chi connectivity index (χ0v) is 14.4. The van der Waals surface area contributed by atoms with Gasteiger partial charge in [0.05, 0.1) is 16.1 Å². The molecule has 0 radical (unpaired) electrons. The van der Waals surface area contributed by atoms with Crippen molar-refractivity contribution in [3.63, 3.8) is 0 Å². The first-order valence-electron chi connectivity index (χ1n) is 6.47. The van der Waals surface area contributed by atoms with Crippen LogP contribution in [0.5, 0.6) is 0 Å². The highest BCUT2D eigenvalue weighted by molar-refractivity contribution is 14.1.